The number of ether oxygens (including phenoxy) is 1. The number of hydrogen-bond donors (Lipinski definition) is 0. The maximum absolute atomic E-state index is 12.2. The van der Waals surface area contributed by atoms with Crippen LogP contribution in [0.5, 0.6) is 0 Å². The van der Waals surface area contributed by atoms with Crippen molar-refractivity contribution < 1.29 is 14.3 Å². The summed E-state index contributed by atoms with van der Waals surface area (Å²) < 4.78 is 4.76. The van der Waals surface area contributed by atoms with E-state index in [9.17, 15) is 9.59 Å². The molecule has 0 aromatic heterocycles. The van der Waals surface area contributed by atoms with Gasteiger partial charge >= 0.3 is 5.97 Å². The molecule has 5 heteroatoms. The zero-order chi connectivity index (χ0) is 15.2. The number of aryl methyl sites for hydroxylation is 1. The number of rotatable bonds is 5. The van der Waals surface area contributed by atoms with Crippen molar-refractivity contribution in [3.05, 3.63) is 35.4 Å². The first-order valence-electron chi connectivity index (χ1n) is 7.12. The maximum Gasteiger partial charge on any atom is 0.328 e. The van der Waals surface area contributed by atoms with Gasteiger partial charge < -0.3 is 9.64 Å². The molecule has 0 aliphatic carbocycles. The van der Waals surface area contributed by atoms with Crippen molar-refractivity contribution in [2.45, 2.75) is 31.6 Å². The topological polar surface area (TPSA) is 46.6 Å². The van der Waals surface area contributed by atoms with Gasteiger partial charge in [-0.3, -0.25) is 4.79 Å². The SMILES string of the molecule is COC(=O)C1CCCN1C(=O)CSCc1cccc(C)c1. The summed E-state index contributed by atoms with van der Waals surface area (Å²) in [6.07, 6.45) is 1.58. The molecule has 0 bridgehead atoms. The van der Waals surface area contributed by atoms with E-state index in [-0.39, 0.29) is 17.9 Å². The lowest BCUT2D eigenvalue weighted by molar-refractivity contribution is -0.150. The van der Waals surface area contributed by atoms with Crippen LogP contribution in [0.2, 0.25) is 0 Å². The molecule has 1 heterocycles. The van der Waals surface area contributed by atoms with E-state index in [1.54, 1.807) is 16.7 Å². The van der Waals surface area contributed by atoms with Crippen molar-refractivity contribution in [1.29, 1.82) is 0 Å². The zero-order valence-electron chi connectivity index (χ0n) is 12.5. The van der Waals surface area contributed by atoms with Crippen LogP contribution in [0.3, 0.4) is 0 Å². The predicted molar refractivity (Wildman–Crippen MR) is 84.1 cm³/mol. The number of carbonyl (C=O) groups is 2. The van der Waals surface area contributed by atoms with E-state index in [0.29, 0.717) is 18.7 Å². The number of nitrogens with zero attached hydrogens (tertiary/aromatic N) is 1. The number of amides is 1. The average molecular weight is 307 g/mol. The summed E-state index contributed by atoms with van der Waals surface area (Å²) in [7, 11) is 1.37. The van der Waals surface area contributed by atoms with Crippen LogP contribution >= 0.6 is 11.8 Å². The molecule has 114 valence electrons. The van der Waals surface area contributed by atoms with Crippen molar-refractivity contribution >= 4 is 23.6 Å². The lowest BCUT2D eigenvalue weighted by Gasteiger charge is -2.22. The zero-order valence-corrected chi connectivity index (χ0v) is 13.3. The molecule has 1 aliphatic heterocycles. The summed E-state index contributed by atoms with van der Waals surface area (Å²) in [6.45, 7) is 2.72. The first kappa shape index (κ1) is 15.9. The second-order valence-corrected chi connectivity index (χ2v) is 6.24. The van der Waals surface area contributed by atoms with Crippen molar-refractivity contribution in [3.8, 4) is 0 Å². The van der Waals surface area contributed by atoms with Gasteiger partial charge in [0, 0.05) is 12.3 Å². The smallest absolute Gasteiger partial charge is 0.328 e. The molecular weight excluding hydrogens is 286 g/mol. The van der Waals surface area contributed by atoms with Gasteiger partial charge in [0.2, 0.25) is 5.91 Å². The Balaban J connectivity index is 1.83. The van der Waals surface area contributed by atoms with Crippen LogP contribution in [0.4, 0.5) is 0 Å². The highest BCUT2D eigenvalue weighted by Crippen LogP contribution is 2.21. The molecule has 1 aliphatic rings. The summed E-state index contributed by atoms with van der Waals surface area (Å²) in [4.78, 5) is 25.5. The van der Waals surface area contributed by atoms with Crippen LogP contribution in [-0.4, -0.2) is 42.2 Å². The van der Waals surface area contributed by atoms with E-state index in [2.05, 4.69) is 25.1 Å². The quantitative estimate of drug-likeness (QED) is 0.784. The van der Waals surface area contributed by atoms with E-state index in [0.717, 1.165) is 12.2 Å². The molecule has 21 heavy (non-hydrogen) atoms. The Morgan fingerprint density at radius 3 is 2.95 bits per heavy atom. The fourth-order valence-corrected chi connectivity index (χ4v) is 3.45. The van der Waals surface area contributed by atoms with Gasteiger partial charge in [-0.25, -0.2) is 4.79 Å². The summed E-state index contributed by atoms with van der Waals surface area (Å²) in [5, 5.41) is 0. The summed E-state index contributed by atoms with van der Waals surface area (Å²) >= 11 is 1.59. The fourth-order valence-electron chi connectivity index (χ4n) is 2.59. The predicted octanol–water partition coefficient (Wildman–Crippen LogP) is 2.39. The van der Waals surface area contributed by atoms with Gasteiger partial charge in [-0.1, -0.05) is 29.8 Å². The molecule has 0 saturated carbocycles. The molecule has 0 N–H and O–H groups in total. The van der Waals surface area contributed by atoms with Gasteiger partial charge in [0.1, 0.15) is 6.04 Å². The highest BCUT2D eigenvalue weighted by atomic mass is 32.2. The first-order valence-corrected chi connectivity index (χ1v) is 8.28. The number of thioether (sulfide) groups is 1. The van der Waals surface area contributed by atoms with Gasteiger partial charge in [0.05, 0.1) is 12.9 Å². The maximum atomic E-state index is 12.2. The van der Waals surface area contributed by atoms with Crippen LogP contribution in [0.25, 0.3) is 0 Å². The highest BCUT2D eigenvalue weighted by molar-refractivity contribution is 7.99. The van der Waals surface area contributed by atoms with Gasteiger partial charge in [-0.15, -0.1) is 11.8 Å². The summed E-state index contributed by atoms with van der Waals surface area (Å²) in [6, 6.07) is 7.90. The normalized spacial score (nSPS) is 17.8. The molecule has 1 amide bonds. The highest BCUT2D eigenvalue weighted by Gasteiger charge is 2.34. The van der Waals surface area contributed by atoms with Gasteiger partial charge in [0.15, 0.2) is 0 Å². The third-order valence-corrected chi connectivity index (χ3v) is 4.61. The van der Waals surface area contributed by atoms with E-state index in [1.807, 2.05) is 6.07 Å². The molecule has 0 spiro atoms. The number of carbonyl (C=O) groups excluding carboxylic acids is 2. The van der Waals surface area contributed by atoms with Crippen molar-refractivity contribution in [2.24, 2.45) is 0 Å². The first-order chi connectivity index (χ1) is 10.1. The molecule has 1 fully saturated rings. The van der Waals surface area contributed by atoms with E-state index >= 15 is 0 Å². The minimum atomic E-state index is -0.387. The second-order valence-electron chi connectivity index (χ2n) is 5.25. The third-order valence-electron chi connectivity index (χ3n) is 3.62. The average Bonchev–Trinajstić information content (AvgIpc) is 2.96. The minimum Gasteiger partial charge on any atom is -0.467 e. The Hall–Kier alpha value is -1.49. The van der Waals surface area contributed by atoms with E-state index < -0.39 is 0 Å². The van der Waals surface area contributed by atoms with Crippen molar-refractivity contribution in [1.82, 2.24) is 4.90 Å². The van der Waals surface area contributed by atoms with Crippen LogP contribution < -0.4 is 0 Å². The third kappa shape index (κ3) is 4.24. The van der Waals surface area contributed by atoms with Crippen LogP contribution in [0.15, 0.2) is 24.3 Å². The molecule has 2 rings (SSSR count). The van der Waals surface area contributed by atoms with Crippen molar-refractivity contribution in [3.63, 3.8) is 0 Å². The van der Waals surface area contributed by atoms with Crippen LogP contribution in [0.1, 0.15) is 24.0 Å². The standard InChI is InChI=1S/C16H21NO3S/c1-12-5-3-6-13(9-12)10-21-11-15(18)17-8-4-7-14(17)16(19)20-2/h3,5-6,9,14H,4,7-8,10-11H2,1-2H3. The van der Waals surface area contributed by atoms with Gasteiger partial charge in [-0.2, -0.15) is 0 Å². The van der Waals surface area contributed by atoms with Crippen LogP contribution in [0, 0.1) is 6.92 Å². The monoisotopic (exact) mass is 307 g/mol. The molecule has 1 aromatic rings. The fraction of sp³-hybridized carbons (Fsp3) is 0.500. The second kappa shape index (κ2) is 7.50. The summed E-state index contributed by atoms with van der Waals surface area (Å²) in [5.41, 5.74) is 2.45. The molecule has 1 saturated heterocycles. The van der Waals surface area contributed by atoms with E-state index in [1.165, 1.54) is 18.2 Å². The molecular formula is C16H21NO3S. The molecule has 1 atom stereocenters. The Morgan fingerprint density at radius 2 is 2.24 bits per heavy atom. The molecule has 4 nitrogen and oxygen atoms in total. The molecule has 1 aromatic carbocycles. The Bertz CT molecular complexity index is 518. The van der Waals surface area contributed by atoms with Crippen LogP contribution in [-0.2, 0) is 20.1 Å². The largest absolute Gasteiger partial charge is 0.467 e. The number of likely N-dealkylation sites (tertiary alicyclic amines) is 1. The molecule has 1 unspecified atom stereocenters. The number of methoxy groups -OCH3 is 1. The molecule has 0 radical (unpaired) electrons. The number of hydrogen-bond acceptors (Lipinski definition) is 4. The van der Waals surface area contributed by atoms with Crippen molar-refractivity contribution in [2.75, 3.05) is 19.4 Å². The Morgan fingerprint density at radius 1 is 1.43 bits per heavy atom. The Kier molecular flexibility index (Phi) is 5.67. The Labute approximate surface area is 129 Å². The lowest BCUT2D eigenvalue weighted by atomic mass is 10.2. The van der Waals surface area contributed by atoms with Gasteiger partial charge in [0.25, 0.3) is 0 Å². The number of esters is 1. The minimum absolute atomic E-state index is 0.0283. The van der Waals surface area contributed by atoms with Gasteiger partial charge in [-0.05, 0) is 25.3 Å². The lowest BCUT2D eigenvalue weighted by Crippen LogP contribution is -2.42. The van der Waals surface area contributed by atoms with E-state index in [4.69, 9.17) is 4.74 Å². The summed E-state index contributed by atoms with van der Waals surface area (Å²) in [5.74, 6) is 0.941. The number of benzene rings is 1.